The smallest absolute Gasteiger partial charge is 0.257 e. The van der Waals surface area contributed by atoms with Crippen LogP contribution in [0.5, 0.6) is 0 Å². The molecule has 0 unspecified atom stereocenters. The monoisotopic (exact) mass is 371 g/mol. The topological polar surface area (TPSA) is 118 Å². The Balaban J connectivity index is 1.52. The van der Waals surface area contributed by atoms with Gasteiger partial charge in [0.15, 0.2) is 0 Å². The van der Waals surface area contributed by atoms with E-state index in [1.54, 1.807) is 35.4 Å². The Kier molecular flexibility index (Phi) is 3.88. The first-order chi connectivity index (χ1) is 12.5. The normalized spacial score (nSPS) is 17.9. The van der Waals surface area contributed by atoms with E-state index in [2.05, 4.69) is 19.9 Å². The van der Waals surface area contributed by atoms with Crippen LogP contribution in [0.2, 0.25) is 0 Å². The van der Waals surface area contributed by atoms with Crippen molar-refractivity contribution in [3.8, 4) is 11.5 Å². The highest BCUT2D eigenvalue weighted by Crippen LogP contribution is 2.22. The van der Waals surface area contributed by atoms with E-state index < -0.39 is 10.0 Å². The highest BCUT2D eigenvalue weighted by Gasteiger charge is 2.25. The van der Waals surface area contributed by atoms with Crippen LogP contribution in [0.25, 0.3) is 11.5 Å². The molecule has 1 aromatic carbocycles. The van der Waals surface area contributed by atoms with Gasteiger partial charge in [-0.05, 0) is 30.4 Å². The van der Waals surface area contributed by atoms with Crippen LogP contribution >= 0.6 is 0 Å². The number of rotatable bonds is 3. The second-order valence-electron chi connectivity index (χ2n) is 5.63. The van der Waals surface area contributed by atoms with Crippen molar-refractivity contribution in [3.63, 3.8) is 0 Å². The number of amides is 1. The van der Waals surface area contributed by atoms with Crippen molar-refractivity contribution in [2.75, 3.05) is 17.6 Å². The molecule has 26 heavy (non-hydrogen) atoms. The van der Waals surface area contributed by atoms with E-state index in [4.69, 9.17) is 4.42 Å². The van der Waals surface area contributed by atoms with Crippen LogP contribution in [-0.2, 0) is 14.8 Å². The lowest BCUT2D eigenvalue weighted by atomic mass is 10.1. The number of hydrogen-bond acceptors (Lipinski definition) is 7. The maximum absolute atomic E-state index is 12.5. The quantitative estimate of drug-likeness (QED) is 0.860. The van der Waals surface area contributed by atoms with Crippen molar-refractivity contribution < 1.29 is 17.6 Å². The summed E-state index contributed by atoms with van der Waals surface area (Å²) < 4.78 is 31.9. The Morgan fingerprint density at radius 1 is 1.27 bits per heavy atom. The van der Waals surface area contributed by atoms with Gasteiger partial charge in [0.2, 0.25) is 12.3 Å². The molecule has 2 aliphatic rings. The number of carbonyl (C=O) groups is 1. The first-order valence-corrected chi connectivity index (χ1v) is 9.28. The summed E-state index contributed by atoms with van der Waals surface area (Å²) in [5, 5.41) is 10.3. The minimum Gasteiger partial charge on any atom is -0.423 e. The van der Waals surface area contributed by atoms with Gasteiger partial charge in [-0.2, -0.15) is 0 Å². The Hall–Kier alpha value is -3.27. The molecule has 0 spiro atoms. The van der Waals surface area contributed by atoms with Crippen LogP contribution in [0.15, 0.2) is 63.4 Å². The molecule has 0 bridgehead atoms. The van der Waals surface area contributed by atoms with Crippen LogP contribution in [-0.4, -0.2) is 47.6 Å². The van der Waals surface area contributed by atoms with Gasteiger partial charge in [0.05, 0.1) is 11.3 Å². The molecule has 0 saturated carbocycles. The highest BCUT2D eigenvalue weighted by atomic mass is 32.2. The molecule has 1 amide bonds. The number of nitrogens with one attached hydrogen (secondary N) is 1. The molecule has 4 rings (SSSR count). The molecule has 0 saturated heterocycles. The summed E-state index contributed by atoms with van der Waals surface area (Å²) >= 11 is 0. The van der Waals surface area contributed by atoms with Gasteiger partial charge < -0.3 is 14.6 Å². The molecule has 2 aliphatic heterocycles. The van der Waals surface area contributed by atoms with Crippen molar-refractivity contribution in [1.29, 1.82) is 0 Å². The van der Waals surface area contributed by atoms with Gasteiger partial charge in [-0.3, -0.25) is 4.79 Å². The second kappa shape index (κ2) is 6.23. The van der Waals surface area contributed by atoms with Crippen LogP contribution in [0.1, 0.15) is 0 Å². The maximum Gasteiger partial charge on any atom is 0.257 e. The van der Waals surface area contributed by atoms with Gasteiger partial charge in [0.25, 0.3) is 15.9 Å². The average molecular weight is 371 g/mol. The molecular weight excluding hydrogens is 358 g/mol. The summed E-state index contributed by atoms with van der Waals surface area (Å²) in [7, 11) is -3.42. The molecule has 9 nitrogen and oxygen atoms in total. The third-order valence-electron chi connectivity index (χ3n) is 3.81. The fourth-order valence-electron chi connectivity index (χ4n) is 2.57. The number of carbonyl (C=O) groups excluding carboxylic acids is 1. The van der Waals surface area contributed by atoms with Crippen molar-refractivity contribution in [3.05, 3.63) is 54.6 Å². The molecule has 0 radical (unpaired) electrons. The number of hydrogen-bond donors (Lipinski definition) is 1. The summed E-state index contributed by atoms with van der Waals surface area (Å²) in [5.74, 6) is 0.262. The molecule has 10 heteroatoms. The number of fused-ring (bicyclic) bond motifs is 1. The van der Waals surface area contributed by atoms with Gasteiger partial charge in [-0.1, -0.05) is 6.07 Å². The molecule has 3 heterocycles. The lowest BCUT2D eigenvalue weighted by Crippen LogP contribution is -2.37. The number of nitrogens with zero attached hydrogens (tertiary/aromatic N) is 4. The van der Waals surface area contributed by atoms with E-state index in [1.807, 2.05) is 0 Å². The summed E-state index contributed by atoms with van der Waals surface area (Å²) in [6, 6.07) is 7.02. The van der Waals surface area contributed by atoms with Crippen LogP contribution in [0.4, 0.5) is 5.69 Å². The predicted molar refractivity (Wildman–Crippen MR) is 93.5 cm³/mol. The zero-order valence-corrected chi connectivity index (χ0v) is 14.2. The molecule has 1 N–H and O–H groups in total. The summed E-state index contributed by atoms with van der Waals surface area (Å²) in [6.07, 6.45) is 5.87. The Bertz CT molecular complexity index is 1050. The lowest BCUT2D eigenvalue weighted by molar-refractivity contribution is -0.112. The highest BCUT2D eigenvalue weighted by molar-refractivity contribution is 7.90. The van der Waals surface area contributed by atoms with E-state index in [9.17, 15) is 13.2 Å². The largest absolute Gasteiger partial charge is 0.423 e. The van der Waals surface area contributed by atoms with Gasteiger partial charge in [-0.15, -0.1) is 14.6 Å². The summed E-state index contributed by atoms with van der Waals surface area (Å²) in [6.45, 7) is 0.259. The zero-order valence-electron chi connectivity index (χ0n) is 13.4. The number of aromatic nitrogens is 2. The van der Waals surface area contributed by atoms with Crippen molar-refractivity contribution in [2.24, 2.45) is 4.40 Å². The molecule has 0 aliphatic carbocycles. The average Bonchev–Trinajstić information content (AvgIpc) is 3.15. The third kappa shape index (κ3) is 3.26. The van der Waals surface area contributed by atoms with Crippen molar-refractivity contribution >= 4 is 27.5 Å². The Labute approximate surface area is 148 Å². The standard InChI is InChI=1S/C16H13N5O4S/c22-15(12-4-5-14-20-26(23,24)7-6-21(14)9-12)18-13-3-1-2-11(8-13)16-19-17-10-25-16/h1-5,8-10H,6-7H2,(H,18,22). The van der Waals surface area contributed by atoms with E-state index in [1.165, 1.54) is 18.5 Å². The van der Waals surface area contributed by atoms with Crippen molar-refractivity contribution in [2.45, 2.75) is 0 Å². The SMILES string of the molecule is O=C(Nc1cccc(-c2nnco2)c1)C1=CN2CCS(=O)(=O)N=C2C=C1. The first-order valence-electron chi connectivity index (χ1n) is 7.67. The van der Waals surface area contributed by atoms with E-state index in [0.29, 0.717) is 28.6 Å². The molecular formula is C16H13N5O4S. The first kappa shape index (κ1) is 16.2. The Morgan fingerprint density at radius 2 is 2.15 bits per heavy atom. The van der Waals surface area contributed by atoms with E-state index >= 15 is 0 Å². The summed E-state index contributed by atoms with van der Waals surface area (Å²) in [4.78, 5) is 14.1. The zero-order chi connectivity index (χ0) is 18.1. The van der Waals surface area contributed by atoms with Crippen LogP contribution in [0, 0.1) is 0 Å². The fourth-order valence-corrected chi connectivity index (χ4v) is 3.54. The number of benzene rings is 1. The van der Waals surface area contributed by atoms with Crippen LogP contribution in [0.3, 0.4) is 0 Å². The van der Waals surface area contributed by atoms with Crippen molar-refractivity contribution in [1.82, 2.24) is 15.1 Å². The van der Waals surface area contributed by atoms with Gasteiger partial charge in [0.1, 0.15) is 5.84 Å². The van der Waals surface area contributed by atoms with Gasteiger partial charge in [0, 0.05) is 24.0 Å². The van der Waals surface area contributed by atoms with E-state index in [0.717, 1.165) is 0 Å². The van der Waals surface area contributed by atoms with Gasteiger partial charge >= 0.3 is 0 Å². The molecule has 132 valence electrons. The Morgan fingerprint density at radius 3 is 2.96 bits per heavy atom. The number of amidine groups is 1. The third-order valence-corrected chi connectivity index (χ3v) is 4.98. The molecule has 1 aromatic heterocycles. The maximum atomic E-state index is 12.5. The van der Waals surface area contributed by atoms with Gasteiger partial charge in [-0.25, -0.2) is 8.42 Å². The number of sulfonamides is 1. The second-order valence-corrected chi connectivity index (χ2v) is 7.38. The summed E-state index contributed by atoms with van der Waals surface area (Å²) in [5.41, 5.74) is 1.65. The minimum absolute atomic E-state index is 0.0814. The number of anilines is 1. The van der Waals surface area contributed by atoms with E-state index in [-0.39, 0.29) is 18.2 Å². The molecule has 0 fully saturated rings. The predicted octanol–water partition coefficient (Wildman–Crippen LogP) is 1.17. The molecule has 2 aromatic rings. The minimum atomic E-state index is -3.42. The molecule has 0 atom stereocenters. The lowest BCUT2D eigenvalue weighted by Gasteiger charge is -2.26. The fraction of sp³-hybridized carbons (Fsp3) is 0.125. The van der Waals surface area contributed by atoms with Crippen LogP contribution < -0.4 is 5.32 Å².